The molecule has 1 aromatic heterocycles. The fraction of sp³-hybridized carbons (Fsp3) is 0.176. The van der Waals surface area contributed by atoms with Crippen molar-refractivity contribution in [3.63, 3.8) is 0 Å². The Labute approximate surface area is 139 Å². The zero-order chi connectivity index (χ0) is 16.9. The molecule has 0 fully saturated rings. The lowest BCUT2D eigenvalue weighted by Crippen LogP contribution is -2.55. The number of aliphatic imine (C=N–C) groups is 1. The predicted octanol–water partition coefficient (Wildman–Crippen LogP) is 0.956. The van der Waals surface area contributed by atoms with Crippen LogP contribution in [0.1, 0.15) is 11.3 Å². The number of benzene rings is 1. The molecule has 0 bridgehead atoms. The molecule has 0 saturated carbocycles. The monoisotopic (exact) mass is 323 g/mol. The molecule has 1 aliphatic rings. The molecule has 7 heteroatoms. The fourth-order valence-corrected chi connectivity index (χ4v) is 2.20. The van der Waals surface area contributed by atoms with Gasteiger partial charge in [-0.15, -0.1) is 0 Å². The number of rotatable bonds is 4. The maximum atomic E-state index is 12.2. The van der Waals surface area contributed by atoms with Crippen molar-refractivity contribution in [1.82, 2.24) is 15.7 Å². The summed E-state index contributed by atoms with van der Waals surface area (Å²) in [5.74, 6) is -0.503. The van der Waals surface area contributed by atoms with Crippen LogP contribution in [0.2, 0.25) is 0 Å². The second kappa shape index (κ2) is 6.91. The zero-order valence-electron chi connectivity index (χ0n) is 13.2. The topological polar surface area (TPSA) is 86.7 Å². The number of amidine groups is 1. The third-order valence-corrected chi connectivity index (χ3v) is 3.50. The minimum atomic E-state index is -0.384. The smallest absolute Gasteiger partial charge is 0.288 e. The van der Waals surface area contributed by atoms with Gasteiger partial charge in [0, 0.05) is 6.20 Å². The van der Waals surface area contributed by atoms with E-state index in [4.69, 9.17) is 0 Å². The first-order valence-corrected chi connectivity index (χ1v) is 7.52. The molecule has 0 spiro atoms. The molecule has 3 rings (SSSR count). The summed E-state index contributed by atoms with van der Waals surface area (Å²) in [6.07, 6.45) is 1.66. The Balaban J connectivity index is 1.66. The number of aromatic nitrogens is 1. The van der Waals surface area contributed by atoms with Gasteiger partial charge in [0.2, 0.25) is 5.84 Å². The van der Waals surface area contributed by atoms with Crippen molar-refractivity contribution in [2.75, 3.05) is 11.6 Å². The van der Waals surface area contributed by atoms with E-state index in [1.54, 1.807) is 6.20 Å². The normalized spacial score (nSPS) is 14.0. The molecule has 1 aliphatic heterocycles. The SMILES string of the molecule is Cc1ccc(N2NC(C(=O)NCc3ccccn3)=NCC2=O)cc1. The molecule has 0 atom stereocenters. The van der Waals surface area contributed by atoms with E-state index in [0.29, 0.717) is 12.2 Å². The van der Waals surface area contributed by atoms with E-state index in [1.165, 1.54) is 5.01 Å². The van der Waals surface area contributed by atoms with Crippen molar-refractivity contribution in [3.05, 3.63) is 59.9 Å². The Kier molecular flexibility index (Phi) is 4.51. The second-order valence-corrected chi connectivity index (χ2v) is 5.35. The summed E-state index contributed by atoms with van der Waals surface area (Å²) in [7, 11) is 0. The molecule has 122 valence electrons. The number of aryl methyl sites for hydroxylation is 1. The number of anilines is 1. The van der Waals surface area contributed by atoms with Crippen LogP contribution in [-0.4, -0.2) is 29.2 Å². The number of amides is 2. The highest BCUT2D eigenvalue weighted by molar-refractivity contribution is 6.39. The van der Waals surface area contributed by atoms with Gasteiger partial charge in [0.25, 0.3) is 11.8 Å². The van der Waals surface area contributed by atoms with Gasteiger partial charge >= 0.3 is 0 Å². The summed E-state index contributed by atoms with van der Waals surface area (Å²) < 4.78 is 0. The number of nitrogens with zero attached hydrogens (tertiary/aromatic N) is 3. The summed E-state index contributed by atoms with van der Waals surface area (Å²) in [5, 5.41) is 4.07. The summed E-state index contributed by atoms with van der Waals surface area (Å²) in [6.45, 7) is 2.18. The Bertz CT molecular complexity index is 771. The minimum absolute atomic E-state index is 0.0762. The molecule has 2 N–H and O–H groups in total. The van der Waals surface area contributed by atoms with E-state index in [1.807, 2.05) is 49.4 Å². The molecule has 2 heterocycles. The lowest BCUT2D eigenvalue weighted by molar-refractivity contribution is -0.118. The quantitative estimate of drug-likeness (QED) is 0.877. The lowest BCUT2D eigenvalue weighted by Gasteiger charge is -2.27. The van der Waals surface area contributed by atoms with E-state index < -0.39 is 0 Å². The van der Waals surface area contributed by atoms with Crippen LogP contribution < -0.4 is 15.8 Å². The first-order chi connectivity index (χ1) is 11.6. The lowest BCUT2D eigenvalue weighted by atomic mass is 10.2. The summed E-state index contributed by atoms with van der Waals surface area (Å²) in [4.78, 5) is 32.4. The van der Waals surface area contributed by atoms with Crippen molar-refractivity contribution in [1.29, 1.82) is 0 Å². The van der Waals surface area contributed by atoms with Crippen LogP contribution in [0.4, 0.5) is 5.69 Å². The van der Waals surface area contributed by atoms with E-state index in [9.17, 15) is 9.59 Å². The van der Waals surface area contributed by atoms with Crippen LogP contribution in [0, 0.1) is 6.92 Å². The molecular formula is C17H17N5O2. The van der Waals surface area contributed by atoms with Crippen molar-refractivity contribution in [2.24, 2.45) is 4.99 Å². The van der Waals surface area contributed by atoms with Crippen molar-refractivity contribution in [3.8, 4) is 0 Å². The number of pyridine rings is 1. The highest BCUT2D eigenvalue weighted by Gasteiger charge is 2.25. The third-order valence-electron chi connectivity index (χ3n) is 3.50. The number of hydrogen-bond donors (Lipinski definition) is 2. The van der Waals surface area contributed by atoms with E-state index in [2.05, 4.69) is 20.7 Å². The maximum absolute atomic E-state index is 12.2. The number of hydrogen-bond acceptors (Lipinski definition) is 5. The Morgan fingerprint density at radius 1 is 1.25 bits per heavy atom. The first kappa shape index (κ1) is 15.7. The molecule has 7 nitrogen and oxygen atoms in total. The van der Waals surface area contributed by atoms with Crippen LogP contribution >= 0.6 is 0 Å². The highest BCUT2D eigenvalue weighted by Crippen LogP contribution is 2.15. The van der Waals surface area contributed by atoms with Gasteiger partial charge in [-0.3, -0.25) is 25.0 Å². The Morgan fingerprint density at radius 3 is 2.75 bits per heavy atom. The van der Waals surface area contributed by atoms with Gasteiger partial charge in [0.05, 0.1) is 17.9 Å². The van der Waals surface area contributed by atoms with Gasteiger partial charge in [-0.25, -0.2) is 5.01 Å². The molecule has 0 aliphatic carbocycles. The summed E-state index contributed by atoms with van der Waals surface area (Å²) in [6, 6.07) is 12.9. The van der Waals surface area contributed by atoms with Gasteiger partial charge < -0.3 is 5.32 Å². The Morgan fingerprint density at radius 2 is 2.04 bits per heavy atom. The molecule has 0 saturated heterocycles. The highest BCUT2D eigenvalue weighted by atomic mass is 16.2. The number of hydrazine groups is 1. The van der Waals surface area contributed by atoms with Crippen molar-refractivity contribution in [2.45, 2.75) is 13.5 Å². The van der Waals surface area contributed by atoms with Crippen LogP contribution in [0.5, 0.6) is 0 Å². The zero-order valence-corrected chi connectivity index (χ0v) is 13.2. The second-order valence-electron chi connectivity index (χ2n) is 5.35. The van der Waals surface area contributed by atoms with Gasteiger partial charge in [-0.2, -0.15) is 0 Å². The molecule has 0 unspecified atom stereocenters. The molecule has 24 heavy (non-hydrogen) atoms. The number of carbonyl (C=O) groups is 2. The van der Waals surface area contributed by atoms with Crippen LogP contribution in [0.15, 0.2) is 53.7 Å². The van der Waals surface area contributed by atoms with Crippen molar-refractivity contribution < 1.29 is 9.59 Å². The molecule has 2 aromatic rings. The third kappa shape index (κ3) is 3.57. The fourth-order valence-electron chi connectivity index (χ4n) is 2.20. The standard InChI is InChI=1S/C17H17N5O2/c1-12-5-7-14(8-6-12)22-15(23)11-19-16(21-22)17(24)20-10-13-4-2-3-9-18-13/h2-9H,10-11H2,1H3,(H,19,21)(H,20,24). The van der Waals surface area contributed by atoms with E-state index in [-0.39, 0.29) is 24.2 Å². The van der Waals surface area contributed by atoms with Crippen molar-refractivity contribution >= 4 is 23.3 Å². The summed E-state index contributed by atoms with van der Waals surface area (Å²) in [5.41, 5.74) is 5.27. The average Bonchev–Trinajstić information content (AvgIpc) is 2.62. The van der Waals surface area contributed by atoms with Gasteiger partial charge in [0.1, 0.15) is 6.54 Å². The average molecular weight is 323 g/mol. The summed E-state index contributed by atoms with van der Waals surface area (Å²) >= 11 is 0. The maximum Gasteiger partial charge on any atom is 0.288 e. The van der Waals surface area contributed by atoms with Crippen LogP contribution in [-0.2, 0) is 16.1 Å². The van der Waals surface area contributed by atoms with Crippen LogP contribution in [0.3, 0.4) is 0 Å². The number of carbonyl (C=O) groups excluding carboxylic acids is 2. The van der Waals surface area contributed by atoms with Crippen LogP contribution in [0.25, 0.3) is 0 Å². The van der Waals surface area contributed by atoms with Gasteiger partial charge in [0.15, 0.2) is 0 Å². The Hall–Kier alpha value is -3.22. The predicted molar refractivity (Wildman–Crippen MR) is 90.2 cm³/mol. The molecule has 1 aromatic carbocycles. The van der Waals surface area contributed by atoms with E-state index in [0.717, 1.165) is 11.3 Å². The molecule has 0 radical (unpaired) electrons. The largest absolute Gasteiger partial charge is 0.344 e. The molecule has 2 amide bonds. The first-order valence-electron chi connectivity index (χ1n) is 7.52. The number of nitrogens with one attached hydrogen (secondary N) is 2. The molecular weight excluding hydrogens is 306 g/mol. The minimum Gasteiger partial charge on any atom is -0.344 e. The van der Waals surface area contributed by atoms with Gasteiger partial charge in [-0.05, 0) is 31.2 Å². The van der Waals surface area contributed by atoms with Gasteiger partial charge in [-0.1, -0.05) is 23.8 Å². The van der Waals surface area contributed by atoms with E-state index >= 15 is 0 Å².